The van der Waals surface area contributed by atoms with Crippen molar-refractivity contribution >= 4 is 22.6 Å². The molecule has 0 aliphatic carbocycles. The van der Waals surface area contributed by atoms with Crippen molar-refractivity contribution in [2.45, 2.75) is 13.0 Å². The van der Waals surface area contributed by atoms with Gasteiger partial charge in [-0.15, -0.1) is 0 Å². The van der Waals surface area contributed by atoms with Gasteiger partial charge in [-0.1, -0.05) is 0 Å². The highest BCUT2D eigenvalue weighted by atomic mass is 19.1. The van der Waals surface area contributed by atoms with E-state index >= 15 is 0 Å². The third kappa shape index (κ3) is 3.39. The number of benzene rings is 2. The Morgan fingerprint density at radius 2 is 1.83 bits per heavy atom. The maximum atomic E-state index is 12.8. The lowest BCUT2D eigenvalue weighted by atomic mass is 10.2. The van der Waals surface area contributed by atoms with Gasteiger partial charge in [-0.3, -0.25) is 4.79 Å². The summed E-state index contributed by atoms with van der Waals surface area (Å²) in [6.07, 6.45) is -0.763. The number of carbonyl (C=O) groups excluding carboxylic acids is 1. The first-order valence-electron chi connectivity index (χ1n) is 6.96. The normalized spacial score (nSPS) is 12.1. The number of aromatic amines is 2. The molecule has 0 fully saturated rings. The molecule has 0 saturated heterocycles. The highest BCUT2D eigenvalue weighted by Gasteiger charge is 2.15. The molecule has 23 heavy (non-hydrogen) atoms. The smallest absolute Gasteiger partial charge is 0.323 e. The van der Waals surface area contributed by atoms with E-state index in [1.807, 2.05) is 0 Å². The number of aromatic nitrogens is 2. The van der Waals surface area contributed by atoms with E-state index < -0.39 is 6.10 Å². The molecule has 1 heterocycles. The van der Waals surface area contributed by atoms with Crippen LogP contribution in [0.5, 0.6) is 5.75 Å². The van der Waals surface area contributed by atoms with Crippen LogP contribution in [0.4, 0.5) is 10.1 Å². The fourth-order valence-corrected chi connectivity index (χ4v) is 2.13. The number of anilines is 1. The van der Waals surface area contributed by atoms with Crippen molar-refractivity contribution in [2.24, 2.45) is 0 Å². The summed E-state index contributed by atoms with van der Waals surface area (Å²) in [6.45, 7) is 1.59. The van der Waals surface area contributed by atoms with Gasteiger partial charge in [0.1, 0.15) is 11.6 Å². The van der Waals surface area contributed by atoms with Crippen LogP contribution < -0.4 is 15.7 Å². The number of hydrogen-bond donors (Lipinski definition) is 3. The summed E-state index contributed by atoms with van der Waals surface area (Å²) in [5.74, 6) is -0.325. The van der Waals surface area contributed by atoms with Gasteiger partial charge >= 0.3 is 5.69 Å². The lowest BCUT2D eigenvalue weighted by Gasteiger charge is -2.14. The predicted octanol–water partition coefficient (Wildman–Crippen LogP) is 2.40. The van der Waals surface area contributed by atoms with Gasteiger partial charge in [0.15, 0.2) is 6.10 Å². The Kier molecular flexibility index (Phi) is 3.84. The summed E-state index contributed by atoms with van der Waals surface area (Å²) in [7, 11) is 0. The van der Waals surface area contributed by atoms with Crippen LogP contribution in [0, 0.1) is 5.82 Å². The number of hydrogen-bond acceptors (Lipinski definition) is 3. The number of ether oxygens (including phenoxy) is 1. The molecular formula is C16H14FN3O3. The van der Waals surface area contributed by atoms with Gasteiger partial charge in [-0.05, 0) is 49.4 Å². The molecule has 2 aromatic carbocycles. The zero-order valence-electron chi connectivity index (χ0n) is 12.2. The van der Waals surface area contributed by atoms with Crippen LogP contribution in [-0.2, 0) is 4.79 Å². The van der Waals surface area contributed by atoms with E-state index in [1.165, 1.54) is 24.3 Å². The predicted molar refractivity (Wildman–Crippen MR) is 84.0 cm³/mol. The molecule has 3 rings (SSSR count). The summed E-state index contributed by atoms with van der Waals surface area (Å²) in [5, 5.41) is 2.70. The number of nitrogens with one attached hydrogen (secondary N) is 3. The van der Waals surface area contributed by atoms with Gasteiger partial charge in [0.2, 0.25) is 0 Å². The maximum absolute atomic E-state index is 12.8. The molecule has 0 spiro atoms. The van der Waals surface area contributed by atoms with Crippen LogP contribution in [-0.4, -0.2) is 22.0 Å². The monoisotopic (exact) mass is 315 g/mol. The Balaban J connectivity index is 1.69. The first kappa shape index (κ1) is 14.8. The Bertz CT molecular complexity index is 899. The van der Waals surface area contributed by atoms with Crippen LogP contribution in [0.3, 0.4) is 0 Å². The fourth-order valence-electron chi connectivity index (χ4n) is 2.13. The average molecular weight is 315 g/mol. The molecular weight excluding hydrogens is 301 g/mol. The number of rotatable bonds is 4. The minimum absolute atomic E-state index is 0.309. The second-order valence-corrected chi connectivity index (χ2v) is 5.04. The lowest BCUT2D eigenvalue weighted by Crippen LogP contribution is -2.30. The molecule has 7 heteroatoms. The quantitative estimate of drug-likeness (QED) is 0.691. The van der Waals surface area contributed by atoms with E-state index in [-0.39, 0.29) is 17.4 Å². The Morgan fingerprint density at radius 3 is 2.57 bits per heavy atom. The van der Waals surface area contributed by atoms with Crippen LogP contribution in [0.2, 0.25) is 0 Å². The van der Waals surface area contributed by atoms with Crippen molar-refractivity contribution in [3.05, 3.63) is 58.8 Å². The van der Waals surface area contributed by atoms with Gasteiger partial charge in [0.25, 0.3) is 5.91 Å². The molecule has 0 aliphatic rings. The summed E-state index contributed by atoms with van der Waals surface area (Å²) < 4.78 is 18.3. The number of amides is 1. The number of imidazole rings is 1. The van der Waals surface area contributed by atoms with Gasteiger partial charge in [-0.25, -0.2) is 9.18 Å². The summed E-state index contributed by atoms with van der Waals surface area (Å²) >= 11 is 0. The largest absolute Gasteiger partial charge is 0.481 e. The molecule has 1 aromatic heterocycles. The summed E-state index contributed by atoms with van der Waals surface area (Å²) in [4.78, 5) is 28.6. The molecule has 0 aliphatic heterocycles. The maximum Gasteiger partial charge on any atom is 0.323 e. The third-order valence-corrected chi connectivity index (χ3v) is 3.28. The van der Waals surface area contributed by atoms with E-state index in [0.717, 1.165) is 0 Å². The van der Waals surface area contributed by atoms with E-state index in [9.17, 15) is 14.0 Å². The topological polar surface area (TPSA) is 87.0 Å². The fraction of sp³-hybridized carbons (Fsp3) is 0.125. The number of halogens is 1. The third-order valence-electron chi connectivity index (χ3n) is 3.28. The summed E-state index contributed by atoms with van der Waals surface area (Å²) in [5.41, 5.74) is 1.48. The second kappa shape index (κ2) is 5.96. The van der Waals surface area contributed by atoms with Gasteiger partial charge in [0, 0.05) is 5.69 Å². The molecule has 1 amide bonds. The Labute approximate surface area is 130 Å². The minimum atomic E-state index is -0.763. The molecule has 0 unspecified atom stereocenters. The van der Waals surface area contributed by atoms with Crippen LogP contribution >= 0.6 is 0 Å². The number of fused-ring (bicyclic) bond motifs is 1. The molecule has 3 N–H and O–H groups in total. The van der Waals surface area contributed by atoms with Crippen molar-refractivity contribution in [3.8, 4) is 5.75 Å². The minimum Gasteiger partial charge on any atom is -0.481 e. The molecule has 6 nitrogen and oxygen atoms in total. The van der Waals surface area contributed by atoms with Crippen molar-refractivity contribution < 1.29 is 13.9 Å². The molecule has 1 atom stereocenters. The van der Waals surface area contributed by atoms with Crippen LogP contribution in [0.25, 0.3) is 11.0 Å². The summed E-state index contributed by atoms with van der Waals surface area (Å²) in [6, 6.07) is 10.4. The number of H-pyrrole nitrogens is 2. The zero-order chi connectivity index (χ0) is 16.4. The first-order chi connectivity index (χ1) is 11.0. The van der Waals surface area contributed by atoms with E-state index in [1.54, 1.807) is 25.1 Å². The molecule has 118 valence electrons. The van der Waals surface area contributed by atoms with Gasteiger partial charge in [0.05, 0.1) is 11.0 Å². The van der Waals surface area contributed by atoms with Crippen LogP contribution in [0.1, 0.15) is 6.92 Å². The second-order valence-electron chi connectivity index (χ2n) is 5.04. The van der Waals surface area contributed by atoms with Gasteiger partial charge in [-0.2, -0.15) is 0 Å². The zero-order valence-corrected chi connectivity index (χ0v) is 12.2. The number of carbonyl (C=O) groups is 1. The molecule has 0 saturated carbocycles. The van der Waals surface area contributed by atoms with E-state index in [2.05, 4.69) is 15.3 Å². The average Bonchev–Trinajstić information content (AvgIpc) is 2.88. The molecule has 0 bridgehead atoms. The Morgan fingerprint density at radius 1 is 1.13 bits per heavy atom. The van der Waals surface area contributed by atoms with Crippen molar-refractivity contribution in [1.29, 1.82) is 0 Å². The highest BCUT2D eigenvalue weighted by molar-refractivity contribution is 5.95. The van der Waals surface area contributed by atoms with E-state index in [0.29, 0.717) is 22.5 Å². The van der Waals surface area contributed by atoms with Gasteiger partial charge < -0.3 is 20.0 Å². The SMILES string of the molecule is C[C@H](Oc1ccc(F)cc1)C(=O)Nc1ccc2[nH]c(=O)[nH]c2c1. The van der Waals surface area contributed by atoms with E-state index in [4.69, 9.17) is 4.74 Å². The van der Waals surface area contributed by atoms with Crippen molar-refractivity contribution in [2.75, 3.05) is 5.32 Å². The van der Waals surface area contributed by atoms with Crippen molar-refractivity contribution in [3.63, 3.8) is 0 Å². The Hall–Kier alpha value is -3.09. The highest BCUT2D eigenvalue weighted by Crippen LogP contribution is 2.16. The lowest BCUT2D eigenvalue weighted by molar-refractivity contribution is -0.122. The van der Waals surface area contributed by atoms with Crippen LogP contribution in [0.15, 0.2) is 47.3 Å². The first-order valence-corrected chi connectivity index (χ1v) is 6.96. The molecule has 3 aromatic rings. The standard InChI is InChI=1S/C16H14FN3O3/c1-9(23-12-5-2-10(17)3-6-12)15(21)18-11-4-7-13-14(8-11)20-16(22)19-13/h2-9H,1H3,(H,18,21)(H2,19,20,22)/t9-/m0/s1. The van der Waals surface area contributed by atoms with Crippen molar-refractivity contribution in [1.82, 2.24) is 9.97 Å². The molecule has 0 radical (unpaired) electrons.